The number of ketones is 1. The molecule has 0 bridgehead atoms. The van der Waals surface area contributed by atoms with Crippen LogP contribution in [-0.4, -0.2) is 11.8 Å². The summed E-state index contributed by atoms with van der Waals surface area (Å²) in [4.78, 5) is 24.6. The molecule has 6 heteroatoms. The molecule has 0 aliphatic carbocycles. The molecular weight excluding hydrogens is 383 g/mol. The molecule has 4 nitrogen and oxygen atoms in total. The molecule has 0 saturated heterocycles. The zero-order chi connectivity index (χ0) is 19.7. The van der Waals surface area contributed by atoms with Crippen molar-refractivity contribution < 1.29 is 23.5 Å². The summed E-state index contributed by atoms with van der Waals surface area (Å²) >= 11 is 5.86. The van der Waals surface area contributed by atoms with E-state index < -0.39 is 11.8 Å². The summed E-state index contributed by atoms with van der Waals surface area (Å²) in [5.74, 6) is -0.878. The van der Waals surface area contributed by atoms with Crippen LogP contribution in [0.5, 0.6) is 11.5 Å². The van der Waals surface area contributed by atoms with Gasteiger partial charge in [0.15, 0.2) is 5.76 Å². The maximum atomic E-state index is 13.3. The molecular formula is C22H12ClFO4. The Morgan fingerprint density at radius 3 is 2.57 bits per heavy atom. The molecule has 0 amide bonds. The molecule has 28 heavy (non-hydrogen) atoms. The van der Waals surface area contributed by atoms with Crippen LogP contribution in [0.4, 0.5) is 4.39 Å². The highest BCUT2D eigenvalue weighted by Crippen LogP contribution is 2.35. The topological polar surface area (TPSA) is 52.6 Å². The summed E-state index contributed by atoms with van der Waals surface area (Å²) in [6.07, 6.45) is 1.61. The van der Waals surface area contributed by atoms with Crippen LogP contribution < -0.4 is 9.47 Å². The zero-order valence-electron chi connectivity index (χ0n) is 14.3. The standard InChI is InChI=1S/C22H12ClFO4/c23-15-6-4-13(5-7-15)10-20-21(25)18-9-8-17(12-19(18)28-20)27-22(26)14-2-1-3-16(24)11-14/h1-12H/b20-10-. The van der Waals surface area contributed by atoms with Gasteiger partial charge in [-0.25, -0.2) is 9.18 Å². The molecule has 3 aromatic carbocycles. The number of Topliss-reactive ketones (excluding diaryl/α,β-unsaturated/α-hetero) is 1. The average Bonchev–Trinajstić information content (AvgIpc) is 2.98. The molecule has 0 unspecified atom stereocenters. The van der Waals surface area contributed by atoms with E-state index in [1.54, 1.807) is 30.3 Å². The molecule has 1 aliphatic heterocycles. The van der Waals surface area contributed by atoms with Gasteiger partial charge < -0.3 is 9.47 Å². The predicted molar refractivity (Wildman–Crippen MR) is 102 cm³/mol. The maximum absolute atomic E-state index is 13.3. The molecule has 0 spiro atoms. The number of ether oxygens (including phenoxy) is 2. The van der Waals surface area contributed by atoms with Crippen molar-refractivity contribution in [2.45, 2.75) is 0 Å². The molecule has 0 atom stereocenters. The number of allylic oxidation sites excluding steroid dienone is 1. The van der Waals surface area contributed by atoms with Gasteiger partial charge in [-0.2, -0.15) is 0 Å². The van der Waals surface area contributed by atoms with Crippen LogP contribution in [-0.2, 0) is 0 Å². The highest BCUT2D eigenvalue weighted by molar-refractivity contribution is 6.30. The molecule has 0 radical (unpaired) electrons. The van der Waals surface area contributed by atoms with Crippen LogP contribution >= 0.6 is 11.6 Å². The first-order chi connectivity index (χ1) is 13.5. The van der Waals surface area contributed by atoms with E-state index in [1.807, 2.05) is 0 Å². The molecule has 4 rings (SSSR count). The van der Waals surface area contributed by atoms with Crippen LogP contribution in [0.15, 0.2) is 72.5 Å². The number of hydrogen-bond acceptors (Lipinski definition) is 4. The molecule has 1 aliphatic rings. The molecule has 1 heterocycles. The summed E-state index contributed by atoms with van der Waals surface area (Å²) < 4.78 is 24.1. The second-order valence-corrected chi connectivity index (χ2v) is 6.49. The van der Waals surface area contributed by atoms with Crippen molar-refractivity contribution in [3.05, 3.63) is 100 Å². The van der Waals surface area contributed by atoms with Crippen LogP contribution in [0.2, 0.25) is 5.02 Å². The van der Waals surface area contributed by atoms with Crippen molar-refractivity contribution in [2.24, 2.45) is 0 Å². The van der Waals surface area contributed by atoms with E-state index in [9.17, 15) is 14.0 Å². The third-order valence-corrected chi connectivity index (χ3v) is 4.33. The van der Waals surface area contributed by atoms with Crippen LogP contribution in [0.1, 0.15) is 26.3 Å². The minimum atomic E-state index is -0.708. The number of esters is 1. The summed E-state index contributed by atoms with van der Waals surface area (Å²) in [5.41, 5.74) is 1.21. The van der Waals surface area contributed by atoms with E-state index in [0.717, 1.165) is 11.6 Å². The monoisotopic (exact) mass is 394 g/mol. The number of carbonyl (C=O) groups excluding carboxylic acids is 2. The first-order valence-electron chi connectivity index (χ1n) is 8.31. The fraction of sp³-hybridized carbons (Fsp3) is 0. The van der Waals surface area contributed by atoms with E-state index in [0.29, 0.717) is 10.6 Å². The number of benzene rings is 3. The summed E-state index contributed by atoms with van der Waals surface area (Å²) in [6, 6.07) is 16.6. The lowest BCUT2D eigenvalue weighted by Crippen LogP contribution is -2.08. The normalized spacial score (nSPS) is 13.9. The number of hydrogen-bond donors (Lipinski definition) is 0. The van der Waals surface area contributed by atoms with Gasteiger partial charge in [-0.1, -0.05) is 29.8 Å². The minimum Gasteiger partial charge on any atom is -0.452 e. The van der Waals surface area contributed by atoms with Gasteiger partial charge in [-0.15, -0.1) is 0 Å². The molecule has 0 fully saturated rings. The van der Waals surface area contributed by atoms with Gasteiger partial charge in [0.05, 0.1) is 11.1 Å². The lowest BCUT2D eigenvalue weighted by atomic mass is 10.1. The Hall–Kier alpha value is -3.44. The lowest BCUT2D eigenvalue weighted by molar-refractivity contribution is 0.0734. The fourth-order valence-corrected chi connectivity index (χ4v) is 2.85. The maximum Gasteiger partial charge on any atom is 0.343 e. The number of fused-ring (bicyclic) bond motifs is 1. The molecule has 0 saturated carbocycles. The van der Waals surface area contributed by atoms with Crippen molar-refractivity contribution >= 4 is 29.4 Å². The first kappa shape index (κ1) is 17.9. The molecule has 0 N–H and O–H groups in total. The predicted octanol–water partition coefficient (Wildman–Crippen LogP) is 5.31. The Kier molecular flexibility index (Phi) is 4.67. The van der Waals surface area contributed by atoms with Crippen molar-refractivity contribution in [2.75, 3.05) is 0 Å². The van der Waals surface area contributed by atoms with Crippen LogP contribution in [0.25, 0.3) is 6.08 Å². The molecule has 3 aromatic rings. The Balaban J connectivity index is 1.55. The third kappa shape index (κ3) is 3.66. The first-order valence-corrected chi connectivity index (χ1v) is 8.69. The number of carbonyl (C=O) groups is 2. The Labute approximate surface area is 164 Å². The van der Waals surface area contributed by atoms with Gasteiger partial charge in [-0.05, 0) is 54.1 Å². The lowest BCUT2D eigenvalue weighted by Gasteiger charge is -2.05. The van der Waals surface area contributed by atoms with E-state index in [-0.39, 0.29) is 28.6 Å². The summed E-state index contributed by atoms with van der Waals surface area (Å²) in [6.45, 7) is 0. The smallest absolute Gasteiger partial charge is 0.343 e. The SMILES string of the molecule is O=C(Oc1ccc2c(c1)O/C(=C\c1ccc(Cl)cc1)C2=O)c1cccc(F)c1. The van der Waals surface area contributed by atoms with Crippen LogP contribution in [0.3, 0.4) is 0 Å². The van der Waals surface area contributed by atoms with Gasteiger partial charge in [0.25, 0.3) is 0 Å². The van der Waals surface area contributed by atoms with E-state index in [1.165, 1.54) is 36.4 Å². The van der Waals surface area contributed by atoms with Gasteiger partial charge >= 0.3 is 5.97 Å². The van der Waals surface area contributed by atoms with Crippen molar-refractivity contribution in [1.82, 2.24) is 0 Å². The minimum absolute atomic E-state index is 0.0841. The van der Waals surface area contributed by atoms with E-state index in [4.69, 9.17) is 21.1 Å². The Bertz CT molecular complexity index is 1120. The largest absolute Gasteiger partial charge is 0.452 e. The van der Waals surface area contributed by atoms with Gasteiger partial charge in [0.2, 0.25) is 5.78 Å². The fourth-order valence-electron chi connectivity index (χ4n) is 2.72. The van der Waals surface area contributed by atoms with Crippen molar-refractivity contribution in [3.8, 4) is 11.5 Å². The third-order valence-electron chi connectivity index (χ3n) is 4.08. The van der Waals surface area contributed by atoms with E-state index >= 15 is 0 Å². The van der Waals surface area contributed by atoms with Gasteiger partial charge in [-0.3, -0.25) is 4.79 Å². The van der Waals surface area contributed by atoms with Gasteiger partial charge in [0, 0.05) is 11.1 Å². The second-order valence-electron chi connectivity index (χ2n) is 6.05. The summed E-state index contributed by atoms with van der Waals surface area (Å²) in [7, 11) is 0. The quantitative estimate of drug-likeness (QED) is 0.343. The number of rotatable bonds is 3. The summed E-state index contributed by atoms with van der Waals surface area (Å²) in [5, 5.41) is 0.592. The highest BCUT2D eigenvalue weighted by Gasteiger charge is 2.28. The molecule has 138 valence electrons. The average molecular weight is 395 g/mol. The van der Waals surface area contributed by atoms with Gasteiger partial charge in [0.1, 0.15) is 17.3 Å². The molecule has 0 aromatic heterocycles. The zero-order valence-corrected chi connectivity index (χ0v) is 15.1. The van der Waals surface area contributed by atoms with Crippen molar-refractivity contribution in [3.63, 3.8) is 0 Å². The van der Waals surface area contributed by atoms with E-state index in [2.05, 4.69) is 0 Å². The Morgan fingerprint density at radius 2 is 1.82 bits per heavy atom. The van der Waals surface area contributed by atoms with Crippen molar-refractivity contribution in [1.29, 1.82) is 0 Å². The highest BCUT2D eigenvalue weighted by atomic mass is 35.5. The Morgan fingerprint density at radius 1 is 1.04 bits per heavy atom. The number of halogens is 2. The van der Waals surface area contributed by atoms with Crippen LogP contribution in [0, 0.1) is 5.82 Å². The second kappa shape index (κ2) is 7.29.